The minimum absolute atomic E-state index is 1.08. The molecule has 0 aromatic heterocycles. The molecule has 0 N–H and O–H groups in total. The summed E-state index contributed by atoms with van der Waals surface area (Å²) >= 11 is 0. The monoisotopic (exact) mass is 914 g/mol. The van der Waals surface area contributed by atoms with Crippen LogP contribution in [0.2, 0.25) is 0 Å². The van der Waals surface area contributed by atoms with Crippen LogP contribution in [0.15, 0.2) is 279 Å². The fourth-order valence-corrected chi connectivity index (χ4v) is 11.5. The normalized spacial score (nSPS) is 11.6. The summed E-state index contributed by atoms with van der Waals surface area (Å²) in [5, 5.41) is 16.8. The predicted molar refractivity (Wildman–Crippen MR) is 309 cm³/mol. The van der Waals surface area contributed by atoms with Crippen LogP contribution in [0.5, 0.6) is 0 Å². The Balaban J connectivity index is 1.09. The molecule has 0 aliphatic rings. The first kappa shape index (κ1) is 41.5. The van der Waals surface area contributed by atoms with Crippen molar-refractivity contribution in [3.05, 3.63) is 279 Å². The zero-order valence-electron chi connectivity index (χ0n) is 39.5. The largest absolute Gasteiger partial charge is 0.309 e. The van der Waals surface area contributed by atoms with Crippen molar-refractivity contribution in [2.45, 2.75) is 0 Å². The maximum atomic E-state index is 2.51. The summed E-state index contributed by atoms with van der Waals surface area (Å²) < 4.78 is 0. The fourth-order valence-electron chi connectivity index (χ4n) is 11.5. The van der Waals surface area contributed by atoms with E-state index in [-0.39, 0.29) is 0 Å². The van der Waals surface area contributed by atoms with Crippen LogP contribution >= 0.6 is 0 Å². The van der Waals surface area contributed by atoms with Gasteiger partial charge in [-0.3, -0.25) is 0 Å². The predicted octanol–water partition coefficient (Wildman–Crippen LogP) is 20.0. The Morgan fingerprint density at radius 1 is 0.194 bits per heavy atom. The van der Waals surface area contributed by atoms with Crippen molar-refractivity contribution in [2.75, 3.05) is 9.80 Å². The van der Waals surface area contributed by atoms with E-state index >= 15 is 0 Å². The lowest BCUT2D eigenvalue weighted by molar-refractivity contribution is 1.30. The molecule has 2 heteroatoms. The van der Waals surface area contributed by atoms with E-state index in [0.717, 1.165) is 55.7 Å². The zero-order chi connectivity index (χ0) is 47.5. The van der Waals surface area contributed by atoms with E-state index in [1.807, 2.05) is 0 Å². The molecule has 14 rings (SSSR count). The highest BCUT2D eigenvalue weighted by molar-refractivity contribution is 6.26. The van der Waals surface area contributed by atoms with Crippen LogP contribution in [0.4, 0.5) is 34.1 Å². The third-order valence-electron chi connectivity index (χ3n) is 14.7. The Morgan fingerprint density at radius 3 is 1.12 bits per heavy atom. The second-order valence-corrected chi connectivity index (χ2v) is 18.8. The Bertz CT molecular complexity index is 4340. The summed E-state index contributed by atoms with van der Waals surface area (Å²) in [4.78, 5) is 4.99. The molecule has 0 radical (unpaired) electrons. The standard InChI is InChI=1S/C70H46N2/c1-3-26-54(27-4-1)71(69-61-33-15-17-35-63(61)70(64-36-18-16-34-62(64)69)72(55-28-5-2-6-29-55)66-37-19-25-49-22-11-12-30-57(49)66)56-42-43-60-65(46-56)68(53-41-39-48-21-8-10-24-51(48)45-53)59-32-14-13-31-58(59)67(60)52-40-38-47-20-7-9-23-50(47)44-52/h1-46H. The number of benzene rings is 14. The van der Waals surface area contributed by atoms with Crippen LogP contribution in [-0.4, -0.2) is 0 Å². The average molecular weight is 915 g/mol. The van der Waals surface area contributed by atoms with E-state index in [4.69, 9.17) is 0 Å². The van der Waals surface area contributed by atoms with Gasteiger partial charge < -0.3 is 9.80 Å². The van der Waals surface area contributed by atoms with Gasteiger partial charge in [-0.15, -0.1) is 0 Å². The topological polar surface area (TPSA) is 6.48 Å². The van der Waals surface area contributed by atoms with Crippen LogP contribution < -0.4 is 9.80 Å². The Hall–Kier alpha value is -9.50. The highest BCUT2D eigenvalue weighted by Crippen LogP contribution is 2.53. The first-order chi connectivity index (χ1) is 35.7. The molecule has 0 aliphatic heterocycles. The fraction of sp³-hybridized carbons (Fsp3) is 0. The quantitative estimate of drug-likeness (QED) is 0.111. The lowest BCUT2D eigenvalue weighted by Crippen LogP contribution is -2.15. The number of rotatable bonds is 8. The zero-order valence-corrected chi connectivity index (χ0v) is 39.5. The lowest BCUT2D eigenvalue weighted by Gasteiger charge is -2.33. The van der Waals surface area contributed by atoms with Crippen LogP contribution in [0, 0.1) is 0 Å². The molecule has 0 saturated carbocycles. The van der Waals surface area contributed by atoms with Gasteiger partial charge in [0.1, 0.15) is 0 Å². The van der Waals surface area contributed by atoms with E-state index in [0.29, 0.717) is 0 Å². The van der Waals surface area contributed by atoms with Crippen molar-refractivity contribution >= 4 is 110 Å². The van der Waals surface area contributed by atoms with Crippen LogP contribution in [0.3, 0.4) is 0 Å². The van der Waals surface area contributed by atoms with Crippen LogP contribution in [0.25, 0.3) is 97.7 Å². The van der Waals surface area contributed by atoms with E-state index in [1.54, 1.807) is 0 Å². The van der Waals surface area contributed by atoms with E-state index in [1.165, 1.54) is 76.1 Å². The molecular formula is C70H46N2. The number of para-hydroxylation sites is 2. The van der Waals surface area contributed by atoms with E-state index in [9.17, 15) is 0 Å². The van der Waals surface area contributed by atoms with Crippen molar-refractivity contribution in [3.63, 3.8) is 0 Å². The highest BCUT2D eigenvalue weighted by Gasteiger charge is 2.27. The molecule has 0 atom stereocenters. The van der Waals surface area contributed by atoms with Gasteiger partial charge in [0.2, 0.25) is 0 Å². The van der Waals surface area contributed by atoms with Gasteiger partial charge >= 0.3 is 0 Å². The number of hydrogen-bond acceptors (Lipinski definition) is 2. The molecule has 2 nitrogen and oxygen atoms in total. The SMILES string of the molecule is c1ccc(N(c2ccc3c(-c4ccc5ccccc5c4)c4ccccc4c(-c4ccc5ccccc5c4)c3c2)c2c3ccccc3c(N(c3ccccc3)c3cccc4ccccc34)c3ccccc23)cc1. The van der Waals surface area contributed by atoms with Crippen LogP contribution in [0.1, 0.15) is 0 Å². The summed E-state index contributed by atoms with van der Waals surface area (Å²) in [6.07, 6.45) is 0. The average Bonchev–Trinajstić information content (AvgIpc) is 3.45. The summed E-state index contributed by atoms with van der Waals surface area (Å²) in [6.45, 7) is 0. The first-order valence-corrected chi connectivity index (χ1v) is 24.8. The molecule has 0 spiro atoms. The lowest BCUT2D eigenvalue weighted by atomic mass is 9.85. The first-order valence-electron chi connectivity index (χ1n) is 24.8. The van der Waals surface area contributed by atoms with E-state index < -0.39 is 0 Å². The van der Waals surface area contributed by atoms with Gasteiger partial charge in [0, 0.05) is 44.0 Å². The highest BCUT2D eigenvalue weighted by atomic mass is 15.2. The summed E-state index contributed by atoms with van der Waals surface area (Å²) in [5.74, 6) is 0. The molecule has 14 aromatic rings. The smallest absolute Gasteiger partial charge is 0.0620 e. The van der Waals surface area contributed by atoms with Crippen molar-refractivity contribution in [2.24, 2.45) is 0 Å². The minimum Gasteiger partial charge on any atom is -0.309 e. The Kier molecular flexibility index (Phi) is 9.89. The van der Waals surface area contributed by atoms with Gasteiger partial charge in [-0.2, -0.15) is 0 Å². The minimum atomic E-state index is 1.08. The number of nitrogens with zero attached hydrogens (tertiary/aromatic N) is 2. The van der Waals surface area contributed by atoms with Gasteiger partial charge in [0.25, 0.3) is 0 Å². The van der Waals surface area contributed by atoms with Gasteiger partial charge in [-0.05, 0) is 125 Å². The summed E-state index contributed by atoms with van der Waals surface area (Å²) in [6, 6.07) is 103. The van der Waals surface area contributed by atoms with Gasteiger partial charge in [-0.25, -0.2) is 0 Å². The molecule has 336 valence electrons. The molecule has 14 aromatic carbocycles. The van der Waals surface area contributed by atoms with Crippen molar-refractivity contribution < 1.29 is 0 Å². The molecule has 0 amide bonds. The third-order valence-corrected chi connectivity index (χ3v) is 14.7. The Labute approximate surface area is 418 Å². The summed E-state index contributed by atoms with van der Waals surface area (Å²) in [5.41, 5.74) is 11.5. The summed E-state index contributed by atoms with van der Waals surface area (Å²) in [7, 11) is 0. The molecule has 0 unspecified atom stereocenters. The molecule has 0 fully saturated rings. The molecule has 0 heterocycles. The molecule has 0 saturated heterocycles. The molecular weight excluding hydrogens is 869 g/mol. The second-order valence-electron chi connectivity index (χ2n) is 18.8. The van der Waals surface area contributed by atoms with Crippen molar-refractivity contribution in [3.8, 4) is 22.3 Å². The maximum absolute atomic E-state index is 2.51. The van der Waals surface area contributed by atoms with E-state index in [2.05, 4.69) is 289 Å². The van der Waals surface area contributed by atoms with Gasteiger partial charge in [0.15, 0.2) is 0 Å². The number of anilines is 6. The van der Waals surface area contributed by atoms with Gasteiger partial charge in [0.05, 0.1) is 17.1 Å². The van der Waals surface area contributed by atoms with Gasteiger partial charge in [-0.1, -0.05) is 224 Å². The van der Waals surface area contributed by atoms with Crippen molar-refractivity contribution in [1.29, 1.82) is 0 Å². The Morgan fingerprint density at radius 2 is 0.583 bits per heavy atom. The number of fused-ring (bicyclic) bond motifs is 7. The second kappa shape index (κ2) is 17.2. The maximum Gasteiger partial charge on any atom is 0.0620 e. The molecule has 72 heavy (non-hydrogen) atoms. The molecule has 0 aliphatic carbocycles. The number of hydrogen-bond donors (Lipinski definition) is 0. The van der Waals surface area contributed by atoms with Crippen LogP contribution in [-0.2, 0) is 0 Å². The van der Waals surface area contributed by atoms with Crippen molar-refractivity contribution in [1.82, 2.24) is 0 Å². The third kappa shape index (κ3) is 6.80. The molecule has 0 bridgehead atoms.